The number of rotatable bonds is 1. The van der Waals surface area contributed by atoms with Gasteiger partial charge in [-0.15, -0.1) is 13.2 Å². The highest BCUT2D eigenvalue weighted by molar-refractivity contribution is 14.1. The van der Waals surface area contributed by atoms with E-state index in [-0.39, 0.29) is 0 Å². The van der Waals surface area contributed by atoms with Gasteiger partial charge in [0.1, 0.15) is 3.57 Å². The van der Waals surface area contributed by atoms with Gasteiger partial charge in [-0.05, 0) is 22.6 Å². The van der Waals surface area contributed by atoms with Crippen LogP contribution in [-0.2, 0) is 0 Å². The van der Waals surface area contributed by atoms with Crippen LogP contribution in [0.15, 0.2) is 6.20 Å². The summed E-state index contributed by atoms with van der Waals surface area (Å²) in [7, 11) is 0. The molecule has 78 valence electrons. The molecule has 1 rings (SSSR count). The average molecular weight is 325 g/mol. The van der Waals surface area contributed by atoms with Crippen molar-refractivity contribution in [3.63, 3.8) is 0 Å². The maximum atomic E-state index is 12.7. The maximum absolute atomic E-state index is 12.7. The molecule has 0 saturated carbocycles. The van der Waals surface area contributed by atoms with Gasteiger partial charge in [0, 0.05) is 0 Å². The number of hydrogen-bond acceptors (Lipinski definition) is 2. The van der Waals surface area contributed by atoms with Crippen LogP contribution < -0.4 is 4.74 Å². The minimum atomic E-state index is -5.06. The highest BCUT2D eigenvalue weighted by Crippen LogP contribution is 2.30. The van der Waals surface area contributed by atoms with E-state index in [9.17, 15) is 22.0 Å². The van der Waals surface area contributed by atoms with Crippen LogP contribution in [-0.4, -0.2) is 11.3 Å². The van der Waals surface area contributed by atoms with Crippen LogP contribution >= 0.6 is 22.6 Å². The molecule has 0 aliphatic rings. The van der Waals surface area contributed by atoms with Crippen molar-refractivity contribution in [3.05, 3.63) is 21.5 Å². The Morgan fingerprint density at radius 1 is 1.29 bits per heavy atom. The number of pyridine rings is 1. The van der Waals surface area contributed by atoms with Crippen molar-refractivity contribution in [2.45, 2.75) is 6.36 Å². The summed E-state index contributed by atoms with van der Waals surface area (Å²) in [6, 6.07) is 0. The molecule has 0 aliphatic heterocycles. The van der Waals surface area contributed by atoms with E-state index in [1.165, 1.54) is 22.6 Å². The Morgan fingerprint density at radius 2 is 1.86 bits per heavy atom. The standard InChI is InChI=1S/C6HF5INO/c7-2-1-13-5(8)3(12)4(2)14-6(9,10)11/h1H. The quantitative estimate of drug-likeness (QED) is 0.450. The molecule has 0 radical (unpaired) electrons. The van der Waals surface area contributed by atoms with Crippen LogP contribution in [0.5, 0.6) is 5.75 Å². The van der Waals surface area contributed by atoms with Gasteiger partial charge in [-0.2, -0.15) is 4.39 Å². The summed E-state index contributed by atoms with van der Waals surface area (Å²) in [5, 5.41) is 0. The monoisotopic (exact) mass is 325 g/mol. The van der Waals surface area contributed by atoms with Gasteiger partial charge < -0.3 is 4.74 Å². The third kappa shape index (κ3) is 2.66. The van der Waals surface area contributed by atoms with Crippen molar-refractivity contribution in [2.24, 2.45) is 0 Å². The number of aromatic nitrogens is 1. The van der Waals surface area contributed by atoms with Crippen LogP contribution in [0.25, 0.3) is 0 Å². The summed E-state index contributed by atoms with van der Waals surface area (Å²) < 4.78 is 63.0. The highest BCUT2D eigenvalue weighted by atomic mass is 127. The summed E-state index contributed by atoms with van der Waals surface area (Å²) in [5.74, 6) is -3.79. The van der Waals surface area contributed by atoms with Crippen LogP contribution in [0.2, 0.25) is 0 Å². The zero-order valence-electron chi connectivity index (χ0n) is 6.20. The summed E-state index contributed by atoms with van der Waals surface area (Å²) in [6.45, 7) is 0. The smallest absolute Gasteiger partial charge is 0.401 e. The molecule has 0 fully saturated rings. The van der Waals surface area contributed by atoms with E-state index >= 15 is 0 Å². The molecule has 0 spiro atoms. The van der Waals surface area contributed by atoms with Crippen LogP contribution in [0, 0.1) is 15.3 Å². The van der Waals surface area contributed by atoms with Crippen molar-refractivity contribution in [2.75, 3.05) is 0 Å². The lowest BCUT2D eigenvalue weighted by Gasteiger charge is -2.10. The molecule has 1 aromatic heterocycles. The first-order valence-corrected chi connectivity index (χ1v) is 4.14. The van der Waals surface area contributed by atoms with E-state index in [0.717, 1.165) is 0 Å². The lowest BCUT2D eigenvalue weighted by atomic mass is 10.4. The Hall–Kier alpha value is -0.670. The minimum Gasteiger partial charge on any atom is -0.401 e. The average Bonchev–Trinajstić information content (AvgIpc) is 2.04. The van der Waals surface area contributed by atoms with Crippen LogP contribution in [0.4, 0.5) is 22.0 Å². The largest absolute Gasteiger partial charge is 0.573 e. The van der Waals surface area contributed by atoms with Gasteiger partial charge in [0.25, 0.3) is 0 Å². The van der Waals surface area contributed by atoms with Crippen molar-refractivity contribution in [1.82, 2.24) is 4.98 Å². The first-order valence-electron chi connectivity index (χ1n) is 3.06. The fraction of sp³-hybridized carbons (Fsp3) is 0.167. The van der Waals surface area contributed by atoms with Crippen molar-refractivity contribution >= 4 is 22.6 Å². The first kappa shape index (κ1) is 11.4. The second kappa shape index (κ2) is 3.83. The summed E-state index contributed by atoms with van der Waals surface area (Å²) in [4.78, 5) is 2.87. The van der Waals surface area contributed by atoms with Gasteiger partial charge in [0.15, 0.2) is 11.6 Å². The zero-order valence-corrected chi connectivity index (χ0v) is 8.36. The first-order chi connectivity index (χ1) is 6.31. The molecule has 0 saturated heterocycles. The predicted molar refractivity (Wildman–Crippen MR) is 43.6 cm³/mol. The molecule has 1 heterocycles. The molecule has 2 nitrogen and oxygen atoms in total. The molecule has 1 aromatic rings. The summed E-state index contributed by atoms with van der Waals surface area (Å²) in [6.07, 6.45) is -4.74. The zero-order chi connectivity index (χ0) is 10.9. The van der Waals surface area contributed by atoms with E-state index in [0.29, 0.717) is 6.20 Å². The van der Waals surface area contributed by atoms with Gasteiger partial charge >= 0.3 is 6.36 Å². The molecule has 0 bridgehead atoms. The number of halogens is 6. The Balaban J connectivity index is 3.13. The SMILES string of the molecule is Fc1cnc(F)c(I)c1OC(F)(F)F. The number of ether oxygens (including phenoxy) is 1. The topological polar surface area (TPSA) is 22.1 Å². The molecule has 8 heteroatoms. The molecule has 0 N–H and O–H groups in total. The summed E-state index contributed by atoms with van der Waals surface area (Å²) in [5.41, 5.74) is 0. The third-order valence-corrected chi connectivity index (χ3v) is 2.04. The Bertz CT molecular complexity index is 353. The minimum absolute atomic E-state index is 0.318. The second-order valence-corrected chi connectivity index (χ2v) is 3.17. The van der Waals surface area contributed by atoms with Gasteiger partial charge in [-0.1, -0.05) is 0 Å². The molecule has 14 heavy (non-hydrogen) atoms. The molecule has 0 aliphatic carbocycles. The molecule has 0 aromatic carbocycles. The number of hydrogen-bond donors (Lipinski definition) is 0. The van der Waals surface area contributed by atoms with Crippen LogP contribution in [0.3, 0.4) is 0 Å². The Labute approximate surface area is 88.2 Å². The lowest BCUT2D eigenvalue weighted by Crippen LogP contribution is -2.19. The molecule has 0 unspecified atom stereocenters. The summed E-state index contributed by atoms with van der Waals surface area (Å²) >= 11 is 1.17. The maximum Gasteiger partial charge on any atom is 0.573 e. The van der Waals surface area contributed by atoms with Gasteiger partial charge in [0.2, 0.25) is 5.95 Å². The molecule has 0 amide bonds. The van der Waals surface area contributed by atoms with E-state index in [2.05, 4.69) is 9.72 Å². The van der Waals surface area contributed by atoms with E-state index in [1.807, 2.05) is 0 Å². The van der Waals surface area contributed by atoms with Crippen LogP contribution in [0.1, 0.15) is 0 Å². The van der Waals surface area contributed by atoms with E-state index in [4.69, 9.17) is 0 Å². The fourth-order valence-corrected chi connectivity index (χ4v) is 1.14. The van der Waals surface area contributed by atoms with Gasteiger partial charge in [-0.25, -0.2) is 9.37 Å². The normalized spacial score (nSPS) is 11.6. The van der Waals surface area contributed by atoms with E-state index < -0.39 is 27.4 Å². The fourth-order valence-electron chi connectivity index (χ4n) is 0.636. The van der Waals surface area contributed by atoms with Crippen molar-refractivity contribution in [1.29, 1.82) is 0 Å². The van der Waals surface area contributed by atoms with Crippen molar-refractivity contribution in [3.8, 4) is 5.75 Å². The molecule has 0 atom stereocenters. The Morgan fingerprint density at radius 3 is 2.36 bits per heavy atom. The Kier molecular flexibility index (Phi) is 3.12. The highest BCUT2D eigenvalue weighted by Gasteiger charge is 2.34. The number of alkyl halides is 3. The van der Waals surface area contributed by atoms with Gasteiger partial charge in [0.05, 0.1) is 6.20 Å². The molecular weight excluding hydrogens is 324 g/mol. The third-order valence-electron chi connectivity index (χ3n) is 1.11. The molecular formula is C6HF5INO. The number of nitrogens with zero attached hydrogens (tertiary/aromatic N) is 1. The second-order valence-electron chi connectivity index (χ2n) is 2.09. The lowest BCUT2D eigenvalue weighted by molar-refractivity contribution is -0.276. The van der Waals surface area contributed by atoms with E-state index in [1.54, 1.807) is 0 Å². The van der Waals surface area contributed by atoms with Crippen molar-refractivity contribution < 1.29 is 26.7 Å². The predicted octanol–water partition coefficient (Wildman–Crippen LogP) is 2.86. The van der Waals surface area contributed by atoms with Gasteiger partial charge in [-0.3, -0.25) is 0 Å².